The van der Waals surface area contributed by atoms with Gasteiger partial charge in [-0.1, -0.05) is 6.07 Å². The molecule has 0 atom stereocenters. The minimum absolute atomic E-state index is 0.0537. The number of carbonyl (C=O) groups is 1. The molecule has 2 rings (SSSR count). The van der Waals surface area contributed by atoms with Gasteiger partial charge in [-0.3, -0.25) is 0 Å². The number of piperidine rings is 1. The van der Waals surface area contributed by atoms with Gasteiger partial charge in [0.2, 0.25) is 5.88 Å². The average molecular weight is 293 g/mol. The maximum absolute atomic E-state index is 12.0. The normalized spacial score (nSPS) is 16.6. The number of nitrogens with two attached hydrogens (primary N) is 1. The summed E-state index contributed by atoms with van der Waals surface area (Å²) in [7, 11) is 0. The number of rotatable bonds is 2. The van der Waals surface area contributed by atoms with Crippen LogP contribution in [0.15, 0.2) is 18.2 Å². The zero-order valence-corrected chi connectivity index (χ0v) is 12.8. The van der Waals surface area contributed by atoms with E-state index in [1.165, 1.54) is 0 Å². The highest BCUT2D eigenvalue weighted by molar-refractivity contribution is 5.68. The molecule has 0 aromatic carbocycles. The highest BCUT2D eigenvalue weighted by Crippen LogP contribution is 2.19. The lowest BCUT2D eigenvalue weighted by Crippen LogP contribution is -2.44. The fraction of sp³-hybridized carbons (Fsp3) is 0.600. The molecule has 6 heteroatoms. The number of amides is 1. The summed E-state index contributed by atoms with van der Waals surface area (Å²) in [5, 5.41) is 0. The van der Waals surface area contributed by atoms with Crippen LogP contribution < -0.4 is 10.5 Å². The van der Waals surface area contributed by atoms with E-state index in [2.05, 4.69) is 4.98 Å². The van der Waals surface area contributed by atoms with Crippen LogP contribution >= 0.6 is 0 Å². The van der Waals surface area contributed by atoms with E-state index < -0.39 is 5.60 Å². The molecule has 0 radical (unpaired) electrons. The van der Waals surface area contributed by atoms with Crippen molar-refractivity contribution in [2.75, 3.05) is 18.8 Å². The molecule has 1 fully saturated rings. The van der Waals surface area contributed by atoms with Gasteiger partial charge in [-0.05, 0) is 26.8 Å². The predicted molar refractivity (Wildman–Crippen MR) is 80.1 cm³/mol. The van der Waals surface area contributed by atoms with Gasteiger partial charge in [0.25, 0.3) is 0 Å². The van der Waals surface area contributed by atoms with E-state index in [0.29, 0.717) is 24.8 Å². The summed E-state index contributed by atoms with van der Waals surface area (Å²) >= 11 is 0. The Morgan fingerprint density at radius 3 is 2.57 bits per heavy atom. The van der Waals surface area contributed by atoms with Gasteiger partial charge in [-0.2, -0.15) is 4.98 Å². The Bertz CT molecular complexity index is 491. The lowest BCUT2D eigenvalue weighted by atomic mass is 10.1. The summed E-state index contributed by atoms with van der Waals surface area (Å²) in [6, 6.07) is 5.32. The first-order valence-corrected chi connectivity index (χ1v) is 7.20. The highest BCUT2D eigenvalue weighted by Gasteiger charge is 2.27. The Kier molecular flexibility index (Phi) is 4.55. The zero-order chi connectivity index (χ0) is 15.5. The first kappa shape index (κ1) is 15.4. The van der Waals surface area contributed by atoms with Gasteiger partial charge in [0, 0.05) is 32.0 Å². The van der Waals surface area contributed by atoms with Gasteiger partial charge in [0.05, 0.1) is 0 Å². The topological polar surface area (TPSA) is 77.7 Å². The molecule has 6 nitrogen and oxygen atoms in total. The van der Waals surface area contributed by atoms with Crippen molar-refractivity contribution in [3.8, 4) is 5.88 Å². The second-order valence-corrected chi connectivity index (χ2v) is 6.19. The molecule has 0 spiro atoms. The van der Waals surface area contributed by atoms with E-state index in [-0.39, 0.29) is 12.2 Å². The maximum atomic E-state index is 12.0. The lowest BCUT2D eigenvalue weighted by molar-refractivity contribution is 0.0123. The first-order valence-electron chi connectivity index (χ1n) is 7.20. The second-order valence-electron chi connectivity index (χ2n) is 6.19. The molecule has 1 aliphatic heterocycles. The van der Waals surface area contributed by atoms with Crippen LogP contribution in [0.1, 0.15) is 33.6 Å². The van der Waals surface area contributed by atoms with Crippen molar-refractivity contribution < 1.29 is 14.3 Å². The number of carbonyl (C=O) groups excluding carboxylic acids is 1. The second kappa shape index (κ2) is 6.20. The molecule has 0 bridgehead atoms. The minimum atomic E-state index is -0.462. The number of likely N-dealkylation sites (tertiary alicyclic amines) is 1. The summed E-state index contributed by atoms with van der Waals surface area (Å²) in [4.78, 5) is 17.8. The predicted octanol–water partition coefficient (Wildman–Crippen LogP) is 2.44. The van der Waals surface area contributed by atoms with Crippen LogP contribution in [0.25, 0.3) is 0 Å². The van der Waals surface area contributed by atoms with Gasteiger partial charge < -0.3 is 20.1 Å². The fourth-order valence-electron chi connectivity index (χ4n) is 2.15. The smallest absolute Gasteiger partial charge is 0.410 e. The molecule has 116 valence electrons. The van der Waals surface area contributed by atoms with Gasteiger partial charge in [0.1, 0.15) is 17.5 Å². The minimum Gasteiger partial charge on any atom is -0.474 e. The van der Waals surface area contributed by atoms with E-state index in [0.717, 1.165) is 12.8 Å². The van der Waals surface area contributed by atoms with E-state index >= 15 is 0 Å². The van der Waals surface area contributed by atoms with E-state index in [1.54, 1.807) is 17.0 Å². The monoisotopic (exact) mass is 293 g/mol. The molecule has 1 aliphatic rings. The van der Waals surface area contributed by atoms with Crippen molar-refractivity contribution in [1.82, 2.24) is 9.88 Å². The number of anilines is 1. The Labute approximate surface area is 125 Å². The van der Waals surface area contributed by atoms with Gasteiger partial charge >= 0.3 is 6.09 Å². The molecule has 0 unspecified atom stereocenters. The highest BCUT2D eigenvalue weighted by atomic mass is 16.6. The van der Waals surface area contributed by atoms with Crippen molar-refractivity contribution in [3.63, 3.8) is 0 Å². The Morgan fingerprint density at radius 2 is 2.00 bits per heavy atom. The van der Waals surface area contributed by atoms with Crippen molar-refractivity contribution >= 4 is 11.9 Å². The van der Waals surface area contributed by atoms with Crippen LogP contribution in [0.3, 0.4) is 0 Å². The van der Waals surface area contributed by atoms with Crippen LogP contribution in [0.2, 0.25) is 0 Å². The summed E-state index contributed by atoms with van der Waals surface area (Å²) in [6.07, 6.45) is 1.31. The molecule has 0 aliphatic carbocycles. The van der Waals surface area contributed by atoms with Crippen molar-refractivity contribution in [3.05, 3.63) is 18.2 Å². The van der Waals surface area contributed by atoms with E-state index in [4.69, 9.17) is 15.2 Å². The van der Waals surface area contributed by atoms with E-state index in [9.17, 15) is 4.79 Å². The van der Waals surface area contributed by atoms with Crippen LogP contribution in [0, 0.1) is 0 Å². The van der Waals surface area contributed by atoms with E-state index in [1.807, 2.05) is 26.8 Å². The Morgan fingerprint density at radius 1 is 1.33 bits per heavy atom. The molecule has 1 aromatic heterocycles. The largest absolute Gasteiger partial charge is 0.474 e. The third-order valence-corrected chi connectivity index (χ3v) is 3.13. The van der Waals surface area contributed by atoms with Gasteiger partial charge in [-0.25, -0.2) is 4.79 Å². The first-order chi connectivity index (χ1) is 9.83. The molecule has 2 N–H and O–H groups in total. The summed E-state index contributed by atoms with van der Waals surface area (Å²) in [5.41, 5.74) is 5.16. The van der Waals surface area contributed by atoms with Gasteiger partial charge in [0.15, 0.2) is 0 Å². The quantitative estimate of drug-likeness (QED) is 0.906. The van der Waals surface area contributed by atoms with Crippen LogP contribution in [0.5, 0.6) is 5.88 Å². The van der Waals surface area contributed by atoms with Crippen LogP contribution in [0.4, 0.5) is 10.6 Å². The molecular weight excluding hydrogens is 270 g/mol. The number of pyridine rings is 1. The maximum Gasteiger partial charge on any atom is 0.410 e. The summed E-state index contributed by atoms with van der Waals surface area (Å²) in [6.45, 7) is 6.86. The lowest BCUT2D eigenvalue weighted by Gasteiger charge is -2.33. The number of hydrogen-bond acceptors (Lipinski definition) is 5. The zero-order valence-electron chi connectivity index (χ0n) is 12.8. The van der Waals surface area contributed by atoms with Crippen LogP contribution in [-0.4, -0.2) is 40.8 Å². The molecule has 21 heavy (non-hydrogen) atoms. The Hall–Kier alpha value is -1.98. The molecule has 0 saturated carbocycles. The summed E-state index contributed by atoms with van der Waals surface area (Å²) < 4.78 is 11.2. The molecular formula is C15H23N3O3. The van der Waals surface area contributed by atoms with Gasteiger partial charge in [-0.15, -0.1) is 0 Å². The van der Waals surface area contributed by atoms with Crippen molar-refractivity contribution in [2.45, 2.75) is 45.3 Å². The summed E-state index contributed by atoms with van der Waals surface area (Å²) in [5.74, 6) is 0.976. The third-order valence-electron chi connectivity index (χ3n) is 3.13. The third kappa shape index (κ3) is 4.81. The SMILES string of the molecule is CC(C)(C)OC(=O)N1CCC(Oc2cccc(N)n2)CC1. The van der Waals surface area contributed by atoms with Crippen LogP contribution in [-0.2, 0) is 4.74 Å². The van der Waals surface area contributed by atoms with Crippen molar-refractivity contribution in [2.24, 2.45) is 0 Å². The molecule has 1 amide bonds. The fourth-order valence-corrected chi connectivity index (χ4v) is 2.15. The standard InChI is InChI=1S/C15H23N3O3/c1-15(2,3)21-14(19)18-9-7-11(8-10-18)20-13-6-4-5-12(16)17-13/h4-6,11H,7-10H2,1-3H3,(H2,16,17). The number of ether oxygens (including phenoxy) is 2. The van der Waals surface area contributed by atoms with Crippen molar-refractivity contribution in [1.29, 1.82) is 0 Å². The number of nitrogen functional groups attached to an aromatic ring is 1. The number of nitrogens with zero attached hydrogens (tertiary/aromatic N) is 2. The number of aromatic nitrogens is 1. The Balaban J connectivity index is 1.82. The average Bonchev–Trinajstić information content (AvgIpc) is 2.37. The molecule has 2 heterocycles. The molecule has 1 saturated heterocycles. The molecule has 1 aromatic rings. The number of hydrogen-bond donors (Lipinski definition) is 1.